The van der Waals surface area contributed by atoms with E-state index in [4.69, 9.17) is 17.3 Å². The molecule has 1 aromatic carbocycles. The number of carbonyl (C=O) groups excluding carboxylic acids is 1. The molecule has 0 unspecified atom stereocenters. The Morgan fingerprint density at radius 2 is 2.24 bits per heavy atom. The van der Waals surface area contributed by atoms with Crippen LogP contribution in [0.15, 0.2) is 18.2 Å². The Morgan fingerprint density at radius 3 is 2.76 bits per heavy atom. The van der Waals surface area contributed by atoms with Crippen LogP contribution >= 0.6 is 11.6 Å². The highest BCUT2D eigenvalue weighted by Gasteiger charge is 2.07. The SMILES string of the molecule is CNCCN(C)Cc1ccc(C(N)=O)cc1Cl. The summed E-state index contributed by atoms with van der Waals surface area (Å²) in [4.78, 5) is 13.1. The van der Waals surface area contributed by atoms with E-state index < -0.39 is 5.91 Å². The smallest absolute Gasteiger partial charge is 0.248 e. The Morgan fingerprint density at radius 1 is 1.53 bits per heavy atom. The third-order valence-corrected chi connectivity index (χ3v) is 2.87. The number of carbonyl (C=O) groups is 1. The molecule has 0 fully saturated rings. The van der Waals surface area contributed by atoms with Crippen molar-refractivity contribution in [3.63, 3.8) is 0 Å². The minimum atomic E-state index is -0.456. The minimum absolute atomic E-state index is 0.441. The molecule has 5 heteroatoms. The number of nitrogens with two attached hydrogens (primary N) is 1. The van der Waals surface area contributed by atoms with Gasteiger partial charge in [0.15, 0.2) is 0 Å². The first kappa shape index (κ1) is 14.0. The van der Waals surface area contributed by atoms with Crippen LogP contribution in [-0.4, -0.2) is 38.0 Å². The van der Waals surface area contributed by atoms with Crippen molar-refractivity contribution < 1.29 is 4.79 Å². The lowest BCUT2D eigenvalue weighted by Gasteiger charge is -2.17. The van der Waals surface area contributed by atoms with E-state index in [1.54, 1.807) is 12.1 Å². The van der Waals surface area contributed by atoms with Gasteiger partial charge < -0.3 is 16.0 Å². The van der Waals surface area contributed by atoms with E-state index in [9.17, 15) is 4.79 Å². The van der Waals surface area contributed by atoms with Crippen molar-refractivity contribution in [1.82, 2.24) is 10.2 Å². The maximum Gasteiger partial charge on any atom is 0.248 e. The highest BCUT2D eigenvalue weighted by atomic mass is 35.5. The molecule has 0 aliphatic heterocycles. The molecular weight excluding hydrogens is 238 g/mol. The molecule has 3 N–H and O–H groups in total. The quantitative estimate of drug-likeness (QED) is 0.800. The van der Waals surface area contributed by atoms with Crippen molar-refractivity contribution in [1.29, 1.82) is 0 Å². The number of hydrogen-bond acceptors (Lipinski definition) is 3. The van der Waals surface area contributed by atoms with Gasteiger partial charge in [0, 0.05) is 30.2 Å². The van der Waals surface area contributed by atoms with Gasteiger partial charge in [0.05, 0.1) is 0 Å². The first-order valence-corrected chi connectivity index (χ1v) is 5.83. The van der Waals surface area contributed by atoms with E-state index >= 15 is 0 Å². The predicted octanol–water partition coefficient (Wildman–Crippen LogP) is 1.09. The molecule has 0 saturated carbocycles. The molecule has 0 aliphatic carbocycles. The number of halogens is 1. The average Bonchev–Trinajstić information content (AvgIpc) is 2.28. The maximum absolute atomic E-state index is 11.0. The van der Waals surface area contributed by atoms with Crippen molar-refractivity contribution in [2.24, 2.45) is 5.73 Å². The second-order valence-electron chi connectivity index (χ2n) is 4.01. The molecule has 0 radical (unpaired) electrons. The van der Waals surface area contributed by atoms with Crippen LogP contribution in [-0.2, 0) is 6.54 Å². The molecule has 0 aromatic heterocycles. The van der Waals surface area contributed by atoms with Gasteiger partial charge in [0.25, 0.3) is 0 Å². The van der Waals surface area contributed by atoms with Gasteiger partial charge in [-0.25, -0.2) is 0 Å². The summed E-state index contributed by atoms with van der Waals surface area (Å²) in [6, 6.07) is 5.17. The topological polar surface area (TPSA) is 58.4 Å². The van der Waals surface area contributed by atoms with Crippen molar-refractivity contribution >= 4 is 17.5 Å². The Labute approximate surface area is 107 Å². The summed E-state index contributed by atoms with van der Waals surface area (Å²) in [5, 5.41) is 3.67. The van der Waals surface area contributed by atoms with Crippen LogP contribution in [0.4, 0.5) is 0 Å². The largest absolute Gasteiger partial charge is 0.366 e. The van der Waals surface area contributed by atoms with E-state index in [0.717, 1.165) is 25.2 Å². The van der Waals surface area contributed by atoms with E-state index in [2.05, 4.69) is 10.2 Å². The zero-order chi connectivity index (χ0) is 12.8. The Hall–Kier alpha value is -1.10. The summed E-state index contributed by atoms with van der Waals surface area (Å²) >= 11 is 6.10. The molecule has 0 atom stereocenters. The van der Waals surface area contributed by atoms with Gasteiger partial charge in [-0.3, -0.25) is 4.79 Å². The summed E-state index contributed by atoms with van der Waals surface area (Å²) in [5.41, 5.74) is 6.62. The van der Waals surface area contributed by atoms with Gasteiger partial charge in [-0.2, -0.15) is 0 Å². The highest BCUT2D eigenvalue weighted by Crippen LogP contribution is 2.19. The number of primary amides is 1. The second-order valence-corrected chi connectivity index (χ2v) is 4.42. The minimum Gasteiger partial charge on any atom is -0.366 e. The van der Waals surface area contributed by atoms with Crippen molar-refractivity contribution in [2.75, 3.05) is 27.2 Å². The molecule has 94 valence electrons. The van der Waals surface area contributed by atoms with Crippen LogP contribution in [0.1, 0.15) is 15.9 Å². The number of nitrogens with one attached hydrogen (secondary N) is 1. The number of amides is 1. The molecule has 0 aliphatic rings. The summed E-state index contributed by atoms with van der Waals surface area (Å²) in [6.07, 6.45) is 0. The fourth-order valence-corrected chi connectivity index (χ4v) is 1.74. The van der Waals surface area contributed by atoms with Crippen LogP contribution in [0.3, 0.4) is 0 Å². The summed E-state index contributed by atoms with van der Waals surface area (Å²) in [5.74, 6) is -0.456. The Kier molecular flexibility index (Phi) is 5.41. The average molecular weight is 256 g/mol. The van der Waals surface area contributed by atoms with E-state index in [1.165, 1.54) is 0 Å². The van der Waals surface area contributed by atoms with Gasteiger partial charge >= 0.3 is 0 Å². The maximum atomic E-state index is 11.0. The third kappa shape index (κ3) is 4.34. The van der Waals surface area contributed by atoms with Gasteiger partial charge in [-0.1, -0.05) is 17.7 Å². The van der Waals surface area contributed by atoms with Crippen LogP contribution in [0.5, 0.6) is 0 Å². The van der Waals surface area contributed by atoms with Crippen LogP contribution in [0.2, 0.25) is 5.02 Å². The first-order chi connectivity index (χ1) is 8.04. The lowest BCUT2D eigenvalue weighted by molar-refractivity contribution is 0.100. The number of hydrogen-bond donors (Lipinski definition) is 2. The van der Waals surface area contributed by atoms with Gasteiger partial charge in [-0.15, -0.1) is 0 Å². The van der Waals surface area contributed by atoms with Crippen LogP contribution in [0.25, 0.3) is 0 Å². The molecule has 1 rings (SSSR count). The normalized spacial score (nSPS) is 10.8. The van der Waals surface area contributed by atoms with Gasteiger partial charge in [0.1, 0.15) is 0 Å². The van der Waals surface area contributed by atoms with E-state index in [-0.39, 0.29) is 0 Å². The lowest BCUT2D eigenvalue weighted by Crippen LogP contribution is -2.27. The number of benzene rings is 1. The molecule has 0 bridgehead atoms. The van der Waals surface area contributed by atoms with Crippen molar-refractivity contribution in [3.8, 4) is 0 Å². The predicted molar refractivity (Wildman–Crippen MR) is 70.2 cm³/mol. The molecule has 1 amide bonds. The highest BCUT2D eigenvalue weighted by molar-refractivity contribution is 6.31. The fourth-order valence-electron chi connectivity index (χ4n) is 1.50. The lowest BCUT2D eigenvalue weighted by atomic mass is 10.1. The molecule has 4 nitrogen and oxygen atoms in total. The van der Waals surface area contributed by atoms with Gasteiger partial charge in [-0.05, 0) is 31.8 Å². The summed E-state index contributed by atoms with van der Waals surface area (Å²) in [7, 11) is 3.94. The number of likely N-dealkylation sites (N-methyl/N-ethyl adjacent to an activating group) is 2. The van der Waals surface area contributed by atoms with Crippen molar-refractivity contribution in [3.05, 3.63) is 34.3 Å². The second kappa shape index (κ2) is 6.59. The Bertz CT molecular complexity index is 395. The Balaban J connectivity index is 2.69. The number of rotatable bonds is 6. The van der Waals surface area contributed by atoms with Crippen LogP contribution in [0, 0.1) is 0 Å². The van der Waals surface area contributed by atoms with E-state index in [0.29, 0.717) is 10.6 Å². The molecule has 0 spiro atoms. The molecule has 0 saturated heterocycles. The zero-order valence-electron chi connectivity index (χ0n) is 10.2. The first-order valence-electron chi connectivity index (χ1n) is 5.46. The molecule has 0 heterocycles. The zero-order valence-corrected chi connectivity index (χ0v) is 10.9. The molecular formula is C12H18ClN3O. The summed E-state index contributed by atoms with van der Waals surface area (Å²) in [6.45, 7) is 2.61. The van der Waals surface area contributed by atoms with Crippen LogP contribution < -0.4 is 11.1 Å². The number of nitrogens with zero attached hydrogens (tertiary/aromatic N) is 1. The summed E-state index contributed by atoms with van der Waals surface area (Å²) < 4.78 is 0. The van der Waals surface area contributed by atoms with Gasteiger partial charge in [0.2, 0.25) is 5.91 Å². The fraction of sp³-hybridized carbons (Fsp3) is 0.417. The monoisotopic (exact) mass is 255 g/mol. The molecule has 17 heavy (non-hydrogen) atoms. The third-order valence-electron chi connectivity index (χ3n) is 2.52. The standard InChI is InChI=1S/C12H18ClN3O/c1-15-5-6-16(2)8-10-4-3-9(12(14)17)7-11(10)13/h3-4,7,15H,5-6,8H2,1-2H3,(H2,14,17). The molecule has 1 aromatic rings. The van der Waals surface area contributed by atoms with Crippen molar-refractivity contribution in [2.45, 2.75) is 6.54 Å². The van der Waals surface area contributed by atoms with E-state index in [1.807, 2.05) is 20.2 Å².